The van der Waals surface area contributed by atoms with Crippen LogP contribution in [0.1, 0.15) is 17.3 Å². The zero-order valence-electron chi connectivity index (χ0n) is 19.9. The van der Waals surface area contributed by atoms with Crippen LogP contribution >= 0.6 is 0 Å². The molecular weight excluding hydrogens is 467 g/mol. The first-order chi connectivity index (χ1) is 17.3. The largest absolute Gasteiger partial charge is 0.442 e. The molecule has 0 aromatic heterocycles. The molecule has 0 spiro atoms. The number of hydrogen-bond acceptors (Lipinski definition) is 6. The molecule has 0 radical (unpaired) electrons. The van der Waals surface area contributed by atoms with Crippen LogP contribution < -0.4 is 15.1 Å². The predicted octanol–water partition coefficient (Wildman–Crippen LogP) is 2.37. The monoisotopic (exact) mass is 494 g/mol. The number of carbonyl (C=O) groups is 4. The van der Waals surface area contributed by atoms with E-state index in [2.05, 4.69) is 5.32 Å². The van der Waals surface area contributed by atoms with Crippen molar-refractivity contribution >= 4 is 35.1 Å². The second kappa shape index (κ2) is 11.0. The molecule has 1 atom stereocenters. The van der Waals surface area contributed by atoms with Gasteiger partial charge in [0, 0.05) is 44.7 Å². The van der Waals surface area contributed by atoms with Crippen LogP contribution in [-0.2, 0) is 14.3 Å². The first-order valence-electron chi connectivity index (χ1n) is 11.7. The first-order valence-corrected chi connectivity index (χ1v) is 11.7. The summed E-state index contributed by atoms with van der Waals surface area (Å²) >= 11 is 0. The van der Waals surface area contributed by atoms with Gasteiger partial charge >= 0.3 is 6.09 Å². The molecule has 2 aromatic carbocycles. The van der Waals surface area contributed by atoms with E-state index < -0.39 is 18.0 Å². The molecule has 188 valence electrons. The van der Waals surface area contributed by atoms with Crippen molar-refractivity contribution in [3.05, 3.63) is 72.1 Å². The molecular formula is C26H27FN4O5. The van der Waals surface area contributed by atoms with E-state index in [1.54, 1.807) is 41.3 Å². The number of benzene rings is 2. The van der Waals surface area contributed by atoms with Gasteiger partial charge in [0.05, 0.1) is 24.5 Å². The van der Waals surface area contributed by atoms with Crippen molar-refractivity contribution in [3.8, 4) is 0 Å². The molecule has 0 unspecified atom stereocenters. The predicted molar refractivity (Wildman–Crippen MR) is 131 cm³/mol. The van der Waals surface area contributed by atoms with Crippen LogP contribution in [0.5, 0.6) is 0 Å². The third-order valence-electron chi connectivity index (χ3n) is 6.06. The maximum atomic E-state index is 15.0. The van der Waals surface area contributed by atoms with Gasteiger partial charge in [-0.3, -0.25) is 19.3 Å². The molecule has 2 fully saturated rings. The van der Waals surface area contributed by atoms with Gasteiger partial charge in [-0.2, -0.15) is 0 Å². The minimum atomic E-state index is -0.594. The Bertz CT molecular complexity index is 1180. The molecule has 9 nitrogen and oxygen atoms in total. The maximum Gasteiger partial charge on any atom is 0.414 e. The summed E-state index contributed by atoms with van der Waals surface area (Å²) in [6.07, 6.45) is 1.44. The molecule has 4 rings (SSSR count). The summed E-state index contributed by atoms with van der Waals surface area (Å²) in [5.74, 6) is -1.22. The van der Waals surface area contributed by atoms with Crippen molar-refractivity contribution in [2.75, 3.05) is 49.1 Å². The lowest BCUT2D eigenvalue weighted by Gasteiger charge is -2.36. The summed E-state index contributed by atoms with van der Waals surface area (Å²) in [5, 5.41) is 2.60. The summed E-state index contributed by atoms with van der Waals surface area (Å²) in [6.45, 7) is 3.39. The highest BCUT2D eigenvalue weighted by Gasteiger charge is 2.33. The SMILES string of the molecule is CC(=O)NC[C@H]1CN(c2ccc(N3CCN(C(=O)C=CC(=O)c4ccccc4)CC3)c(F)c2)C(=O)O1. The molecule has 2 aromatic rings. The van der Waals surface area contributed by atoms with Crippen molar-refractivity contribution in [3.63, 3.8) is 0 Å². The Morgan fingerprint density at radius 3 is 2.44 bits per heavy atom. The smallest absolute Gasteiger partial charge is 0.414 e. The number of nitrogens with zero attached hydrogens (tertiary/aromatic N) is 3. The average molecular weight is 495 g/mol. The fourth-order valence-electron chi connectivity index (χ4n) is 4.14. The molecule has 0 saturated carbocycles. The van der Waals surface area contributed by atoms with Crippen molar-refractivity contribution in [1.82, 2.24) is 10.2 Å². The number of cyclic esters (lactones) is 1. The van der Waals surface area contributed by atoms with E-state index in [9.17, 15) is 23.6 Å². The second-order valence-corrected chi connectivity index (χ2v) is 8.57. The molecule has 1 N–H and O–H groups in total. The number of anilines is 2. The summed E-state index contributed by atoms with van der Waals surface area (Å²) in [4.78, 5) is 52.7. The Kier molecular flexibility index (Phi) is 7.62. The quantitative estimate of drug-likeness (QED) is 0.469. The number of halogens is 1. The van der Waals surface area contributed by atoms with E-state index >= 15 is 0 Å². The van der Waals surface area contributed by atoms with Gasteiger partial charge in [0.1, 0.15) is 11.9 Å². The van der Waals surface area contributed by atoms with Crippen LogP contribution in [0.4, 0.5) is 20.6 Å². The van der Waals surface area contributed by atoms with Crippen LogP contribution in [0, 0.1) is 5.82 Å². The van der Waals surface area contributed by atoms with Crippen LogP contribution in [-0.4, -0.2) is 74.0 Å². The molecule has 2 saturated heterocycles. The second-order valence-electron chi connectivity index (χ2n) is 8.57. The Hall–Kier alpha value is -4.21. The molecule has 36 heavy (non-hydrogen) atoms. The Morgan fingerprint density at radius 1 is 1.06 bits per heavy atom. The molecule has 2 aliphatic heterocycles. The highest BCUT2D eigenvalue weighted by molar-refractivity contribution is 6.07. The number of ketones is 1. The van der Waals surface area contributed by atoms with E-state index in [4.69, 9.17) is 4.74 Å². The van der Waals surface area contributed by atoms with Gasteiger partial charge in [-0.25, -0.2) is 9.18 Å². The summed E-state index contributed by atoms with van der Waals surface area (Å²) in [5.41, 5.74) is 1.26. The third-order valence-corrected chi connectivity index (χ3v) is 6.06. The molecule has 3 amide bonds. The van der Waals surface area contributed by atoms with Gasteiger partial charge in [0.25, 0.3) is 0 Å². The normalized spacial score (nSPS) is 17.9. The number of piperazine rings is 1. The van der Waals surface area contributed by atoms with Gasteiger partial charge < -0.3 is 19.9 Å². The number of ether oxygens (including phenoxy) is 1. The zero-order chi connectivity index (χ0) is 25.7. The van der Waals surface area contributed by atoms with Crippen LogP contribution in [0.25, 0.3) is 0 Å². The van der Waals surface area contributed by atoms with E-state index in [1.807, 2.05) is 11.0 Å². The molecule has 0 aliphatic carbocycles. The lowest BCUT2D eigenvalue weighted by atomic mass is 10.1. The Balaban J connectivity index is 1.32. The highest BCUT2D eigenvalue weighted by Crippen LogP contribution is 2.28. The number of rotatable bonds is 7. The fraction of sp³-hybridized carbons (Fsp3) is 0.308. The van der Waals surface area contributed by atoms with E-state index in [0.29, 0.717) is 43.1 Å². The minimum absolute atomic E-state index is 0.191. The van der Waals surface area contributed by atoms with E-state index in [0.717, 1.165) is 0 Å². The molecule has 2 heterocycles. The van der Waals surface area contributed by atoms with Crippen molar-refractivity contribution in [1.29, 1.82) is 0 Å². The lowest BCUT2D eigenvalue weighted by Crippen LogP contribution is -2.48. The van der Waals surface area contributed by atoms with Crippen molar-refractivity contribution in [2.24, 2.45) is 0 Å². The summed E-state index contributed by atoms with van der Waals surface area (Å²) in [6, 6.07) is 13.2. The van der Waals surface area contributed by atoms with Crippen LogP contribution in [0.2, 0.25) is 0 Å². The first kappa shape index (κ1) is 24.9. The maximum absolute atomic E-state index is 15.0. The van der Waals surface area contributed by atoms with Gasteiger partial charge in [-0.15, -0.1) is 0 Å². The van der Waals surface area contributed by atoms with Crippen molar-refractivity contribution in [2.45, 2.75) is 13.0 Å². The lowest BCUT2D eigenvalue weighted by molar-refractivity contribution is -0.126. The third kappa shape index (κ3) is 5.88. The van der Waals surface area contributed by atoms with Crippen molar-refractivity contribution < 1.29 is 28.3 Å². The number of carbonyl (C=O) groups excluding carboxylic acids is 4. The average Bonchev–Trinajstić information content (AvgIpc) is 3.26. The van der Waals surface area contributed by atoms with Gasteiger partial charge in [0.2, 0.25) is 11.8 Å². The number of hydrogen-bond donors (Lipinski definition) is 1. The van der Waals surface area contributed by atoms with E-state index in [1.165, 1.54) is 30.0 Å². The number of amides is 3. The van der Waals surface area contributed by atoms with Crippen LogP contribution in [0.3, 0.4) is 0 Å². The van der Waals surface area contributed by atoms with Gasteiger partial charge in [0.15, 0.2) is 5.78 Å². The topological polar surface area (TPSA) is 99.3 Å². The summed E-state index contributed by atoms with van der Waals surface area (Å²) < 4.78 is 20.2. The standard InChI is InChI=1S/C26H27FN4O5/c1-18(32)28-16-21-17-31(26(35)36-21)20-7-8-23(22(27)15-20)29-11-13-30(14-12-29)25(34)10-9-24(33)19-5-3-2-4-6-19/h2-10,15,21H,11-14,16-17H2,1H3,(H,28,32)/t21-/m0/s1. The van der Waals surface area contributed by atoms with Gasteiger partial charge in [-0.1, -0.05) is 30.3 Å². The molecule has 0 bridgehead atoms. The fourth-order valence-corrected chi connectivity index (χ4v) is 4.14. The van der Waals surface area contributed by atoms with Gasteiger partial charge in [-0.05, 0) is 24.3 Å². The zero-order valence-corrected chi connectivity index (χ0v) is 19.9. The highest BCUT2D eigenvalue weighted by atomic mass is 19.1. The Labute approximate surface area is 208 Å². The molecule has 2 aliphatic rings. The Morgan fingerprint density at radius 2 is 1.78 bits per heavy atom. The summed E-state index contributed by atoms with van der Waals surface area (Å²) in [7, 11) is 0. The van der Waals surface area contributed by atoms with E-state index in [-0.39, 0.29) is 30.7 Å². The number of nitrogens with one attached hydrogen (secondary N) is 1. The minimum Gasteiger partial charge on any atom is -0.442 e. The number of allylic oxidation sites excluding steroid dienone is 1. The molecule has 10 heteroatoms. The van der Waals surface area contributed by atoms with Crippen LogP contribution in [0.15, 0.2) is 60.7 Å².